The molecule has 0 bridgehead atoms. The average Bonchev–Trinajstić information content (AvgIpc) is 3.32. The second-order valence-electron chi connectivity index (χ2n) is 19.7. The summed E-state index contributed by atoms with van der Waals surface area (Å²) in [5.41, 5.74) is 12.6. The molecule has 0 saturated carbocycles. The number of hydrogen-bond acceptors (Lipinski definition) is 0. The lowest BCUT2D eigenvalue weighted by Crippen LogP contribution is -2.37. The molecule has 11 aromatic carbocycles. The predicted molar refractivity (Wildman–Crippen MR) is 287 cm³/mol. The molecule has 0 spiro atoms. The molecule has 0 heterocycles. The van der Waals surface area contributed by atoms with Gasteiger partial charge < -0.3 is 0 Å². The molecule has 0 atom stereocenters. The summed E-state index contributed by atoms with van der Waals surface area (Å²) < 4.78 is 0. The number of fused-ring (bicyclic) bond motifs is 6. The minimum absolute atomic E-state index is 1.22. The van der Waals surface area contributed by atoms with Crippen LogP contribution < -0.4 is 10.4 Å². The summed E-state index contributed by atoms with van der Waals surface area (Å²) in [5.74, 6) is 0. The zero-order chi connectivity index (χ0) is 43.7. The second kappa shape index (κ2) is 15.4. The molecule has 308 valence electrons. The molecular weight excluding hydrogens is 801 g/mol. The van der Waals surface area contributed by atoms with Crippen LogP contribution in [0.25, 0.3) is 109 Å². The van der Waals surface area contributed by atoms with Gasteiger partial charge >= 0.3 is 0 Å². The molecule has 0 aliphatic carbocycles. The fourth-order valence-corrected chi connectivity index (χ4v) is 12.5. The quantitative estimate of drug-likeness (QED) is 0.0851. The third-order valence-corrected chi connectivity index (χ3v) is 17.6. The Bertz CT molecular complexity index is 3610. The second-order valence-corrected chi connectivity index (χ2v) is 29.9. The molecular formula is C62H52Si2. The van der Waals surface area contributed by atoms with E-state index in [1.807, 2.05) is 0 Å². The highest BCUT2D eigenvalue weighted by Crippen LogP contribution is 2.50. The minimum Gasteiger partial charge on any atom is -0.0656 e. The van der Waals surface area contributed by atoms with Crippen molar-refractivity contribution in [1.82, 2.24) is 0 Å². The topological polar surface area (TPSA) is 0 Å². The SMILES string of the molecule is C[Si](C)(C)c1cccc(-c2c3cc(-c4ccccc4)ccc3c(-c3cccc([Si](C)(C)C)c3)c3cc4c(cc23)c(-c2ccccc2)c(-c2ccc3ccccc3c2)c2ccccc24)c1. The first kappa shape index (κ1) is 40.0. The van der Waals surface area contributed by atoms with Crippen LogP contribution in [0.1, 0.15) is 0 Å². The highest BCUT2D eigenvalue weighted by Gasteiger charge is 2.25. The Morgan fingerprint density at radius 1 is 0.219 bits per heavy atom. The summed E-state index contributed by atoms with van der Waals surface area (Å²) in [6, 6.07) is 78.3. The van der Waals surface area contributed by atoms with Gasteiger partial charge in [0.1, 0.15) is 0 Å². The van der Waals surface area contributed by atoms with Gasteiger partial charge in [-0.15, -0.1) is 0 Å². The van der Waals surface area contributed by atoms with Crippen molar-refractivity contribution < 1.29 is 0 Å². The Labute approximate surface area is 379 Å². The summed E-state index contributed by atoms with van der Waals surface area (Å²) in [5, 5.41) is 15.6. The summed E-state index contributed by atoms with van der Waals surface area (Å²) in [6.07, 6.45) is 0. The molecule has 0 amide bonds. The van der Waals surface area contributed by atoms with Crippen molar-refractivity contribution in [3.05, 3.63) is 206 Å². The maximum absolute atomic E-state index is 2.58. The van der Waals surface area contributed by atoms with Crippen molar-refractivity contribution in [3.8, 4) is 55.6 Å². The molecule has 0 aliphatic heterocycles. The van der Waals surface area contributed by atoms with Gasteiger partial charge in [-0.2, -0.15) is 0 Å². The molecule has 0 radical (unpaired) electrons. The minimum atomic E-state index is -1.67. The van der Waals surface area contributed by atoms with E-state index in [2.05, 4.69) is 246 Å². The van der Waals surface area contributed by atoms with Crippen molar-refractivity contribution in [2.24, 2.45) is 0 Å². The van der Waals surface area contributed by atoms with Gasteiger partial charge in [0, 0.05) is 0 Å². The van der Waals surface area contributed by atoms with Gasteiger partial charge in [0.15, 0.2) is 0 Å². The van der Waals surface area contributed by atoms with E-state index >= 15 is 0 Å². The third-order valence-electron chi connectivity index (χ3n) is 13.5. The first-order valence-corrected chi connectivity index (χ1v) is 29.7. The lowest BCUT2D eigenvalue weighted by Gasteiger charge is -2.24. The fraction of sp³-hybridized carbons (Fsp3) is 0.0968. The Balaban J connectivity index is 1.38. The molecule has 2 heteroatoms. The van der Waals surface area contributed by atoms with Gasteiger partial charge in [-0.3, -0.25) is 0 Å². The van der Waals surface area contributed by atoms with Gasteiger partial charge in [-0.1, -0.05) is 232 Å². The van der Waals surface area contributed by atoms with Crippen molar-refractivity contribution in [3.63, 3.8) is 0 Å². The van der Waals surface area contributed by atoms with Crippen LogP contribution in [0.15, 0.2) is 206 Å². The summed E-state index contributed by atoms with van der Waals surface area (Å²) in [7, 11) is -3.32. The Kier molecular flexibility index (Phi) is 9.65. The zero-order valence-electron chi connectivity index (χ0n) is 37.6. The predicted octanol–water partition coefficient (Wildman–Crippen LogP) is 16.9. The van der Waals surface area contributed by atoms with E-state index in [1.165, 1.54) is 120 Å². The van der Waals surface area contributed by atoms with Crippen LogP contribution in [-0.4, -0.2) is 16.1 Å². The maximum atomic E-state index is 2.58. The van der Waals surface area contributed by atoms with Crippen LogP contribution in [0, 0.1) is 0 Å². The van der Waals surface area contributed by atoms with Crippen LogP contribution in [-0.2, 0) is 0 Å². The highest BCUT2D eigenvalue weighted by atomic mass is 28.3. The highest BCUT2D eigenvalue weighted by molar-refractivity contribution is 6.89. The number of benzene rings is 11. The van der Waals surface area contributed by atoms with E-state index in [0.717, 1.165) is 0 Å². The Hall–Kier alpha value is -6.85. The normalized spacial score (nSPS) is 12.2. The van der Waals surface area contributed by atoms with Crippen molar-refractivity contribution >= 4 is 80.4 Å². The van der Waals surface area contributed by atoms with Gasteiger partial charge in [-0.05, 0) is 134 Å². The molecule has 0 saturated heterocycles. The molecule has 0 unspecified atom stereocenters. The largest absolute Gasteiger partial charge is 0.0776 e. The van der Waals surface area contributed by atoms with E-state index in [-0.39, 0.29) is 0 Å². The van der Waals surface area contributed by atoms with E-state index < -0.39 is 16.1 Å². The first-order valence-electron chi connectivity index (χ1n) is 22.7. The number of hydrogen-bond donors (Lipinski definition) is 0. The summed E-state index contributed by atoms with van der Waals surface area (Å²) >= 11 is 0. The van der Waals surface area contributed by atoms with E-state index in [0.29, 0.717) is 0 Å². The molecule has 0 N–H and O–H groups in total. The number of rotatable bonds is 7. The van der Waals surface area contributed by atoms with Crippen LogP contribution in [0.5, 0.6) is 0 Å². The van der Waals surface area contributed by atoms with Gasteiger partial charge in [0.05, 0.1) is 16.1 Å². The lowest BCUT2D eigenvalue weighted by atomic mass is 9.80. The van der Waals surface area contributed by atoms with E-state index in [9.17, 15) is 0 Å². The zero-order valence-corrected chi connectivity index (χ0v) is 39.6. The molecule has 0 fully saturated rings. The molecule has 0 aliphatic rings. The van der Waals surface area contributed by atoms with Crippen LogP contribution in [0.3, 0.4) is 0 Å². The maximum Gasteiger partial charge on any atom is 0.0776 e. The van der Waals surface area contributed by atoms with Crippen LogP contribution >= 0.6 is 0 Å². The smallest absolute Gasteiger partial charge is 0.0656 e. The van der Waals surface area contributed by atoms with Crippen LogP contribution in [0.4, 0.5) is 0 Å². The summed E-state index contributed by atoms with van der Waals surface area (Å²) in [4.78, 5) is 0. The van der Waals surface area contributed by atoms with Crippen molar-refractivity contribution in [2.45, 2.75) is 39.3 Å². The molecule has 11 aromatic rings. The standard InChI is InChI=1S/C62H52Si2/c1-63(2,3)49-27-17-25-46(36-49)59-53-34-33-45(41-19-9-7-10-20-41)38-55(53)60(47-26-18-28-50(37-47)64(4,5)6)58-40-56-54(39-57(58)59)51-29-15-16-30-52(51)62(61(56)43-22-11-8-12-23-43)48-32-31-42-21-13-14-24-44(42)35-48/h7-40H,1-6H3. The van der Waals surface area contributed by atoms with E-state index in [1.54, 1.807) is 0 Å². The van der Waals surface area contributed by atoms with Gasteiger partial charge in [0.25, 0.3) is 0 Å². The third kappa shape index (κ3) is 6.90. The monoisotopic (exact) mass is 852 g/mol. The van der Waals surface area contributed by atoms with Crippen molar-refractivity contribution in [2.75, 3.05) is 0 Å². The van der Waals surface area contributed by atoms with E-state index in [4.69, 9.17) is 0 Å². The first-order chi connectivity index (χ1) is 31.0. The Morgan fingerprint density at radius 2 is 0.656 bits per heavy atom. The van der Waals surface area contributed by atoms with Crippen molar-refractivity contribution in [1.29, 1.82) is 0 Å². The summed E-state index contributed by atoms with van der Waals surface area (Å²) in [6.45, 7) is 14.8. The molecule has 0 aromatic heterocycles. The molecule has 64 heavy (non-hydrogen) atoms. The fourth-order valence-electron chi connectivity index (χ4n) is 10.2. The van der Waals surface area contributed by atoms with Crippen LogP contribution in [0.2, 0.25) is 39.3 Å². The lowest BCUT2D eigenvalue weighted by molar-refractivity contribution is 1.62. The molecule has 0 nitrogen and oxygen atoms in total. The average molecular weight is 853 g/mol. The Morgan fingerprint density at radius 3 is 1.30 bits per heavy atom. The van der Waals surface area contributed by atoms with Gasteiger partial charge in [0.2, 0.25) is 0 Å². The van der Waals surface area contributed by atoms with Gasteiger partial charge in [-0.25, -0.2) is 0 Å². The molecule has 11 rings (SSSR count).